The third-order valence-electron chi connectivity index (χ3n) is 6.14. The van der Waals surface area contributed by atoms with Gasteiger partial charge >= 0.3 is 0 Å². The van der Waals surface area contributed by atoms with E-state index < -0.39 is 10.0 Å². The van der Waals surface area contributed by atoms with E-state index in [2.05, 4.69) is 5.32 Å². The molecule has 2 heterocycles. The van der Waals surface area contributed by atoms with Crippen LogP contribution in [-0.4, -0.2) is 44.2 Å². The molecule has 0 spiro atoms. The van der Waals surface area contributed by atoms with Crippen molar-refractivity contribution in [1.29, 1.82) is 0 Å². The summed E-state index contributed by atoms with van der Waals surface area (Å²) in [4.78, 5) is 26.6. The lowest BCUT2D eigenvalue weighted by Crippen LogP contribution is -2.32. The molecule has 2 saturated heterocycles. The second-order valence-electron chi connectivity index (χ2n) is 8.45. The number of nitrogens with one attached hydrogen (secondary N) is 1. The van der Waals surface area contributed by atoms with Crippen LogP contribution in [0, 0.1) is 6.92 Å². The molecule has 2 fully saturated rings. The van der Waals surface area contributed by atoms with Crippen molar-refractivity contribution in [2.75, 3.05) is 29.9 Å². The third kappa shape index (κ3) is 4.71. The van der Waals surface area contributed by atoms with E-state index in [0.717, 1.165) is 37.8 Å². The SMILES string of the molecule is Cc1ccc(NC(=O)c2ccc(N3CCCC3=O)cc2)cc1S(=O)(=O)N1CCCCCC1. The smallest absolute Gasteiger partial charge is 0.255 e. The summed E-state index contributed by atoms with van der Waals surface area (Å²) in [5.41, 5.74) is 2.32. The van der Waals surface area contributed by atoms with E-state index in [1.165, 1.54) is 0 Å². The zero-order chi connectivity index (χ0) is 22.7. The number of amides is 2. The zero-order valence-corrected chi connectivity index (χ0v) is 19.2. The molecule has 4 rings (SSSR count). The molecule has 0 atom stereocenters. The van der Waals surface area contributed by atoms with E-state index >= 15 is 0 Å². The molecular formula is C24H29N3O4S. The van der Waals surface area contributed by atoms with E-state index in [-0.39, 0.29) is 16.7 Å². The molecule has 2 amide bonds. The van der Waals surface area contributed by atoms with Gasteiger partial charge in [0.2, 0.25) is 15.9 Å². The molecule has 2 aromatic rings. The Balaban J connectivity index is 1.51. The molecule has 0 aliphatic carbocycles. The maximum Gasteiger partial charge on any atom is 0.255 e. The van der Waals surface area contributed by atoms with Crippen molar-refractivity contribution < 1.29 is 18.0 Å². The lowest BCUT2D eigenvalue weighted by Gasteiger charge is -2.21. The standard InChI is InChI=1S/C24H29N3O4S/c1-18-8-11-20(17-22(18)32(30,31)26-14-4-2-3-5-15-26)25-24(29)19-9-12-21(13-10-19)27-16-6-7-23(27)28/h8-13,17H,2-7,14-16H2,1H3,(H,25,29). The van der Waals surface area contributed by atoms with Gasteiger partial charge in [-0.25, -0.2) is 8.42 Å². The van der Waals surface area contributed by atoms with E-state index in [9.17, 15) is 18.0 Å². The third-order valence-corrected chi connectivity index (χ3v) is 8.18. The molecule has 7 nitrogen and oxygen atoms in total. The number of rotatable bonds is 5. The van der Waals surface area contributed by atoms with Gasteiger partial charge in [-0.05, 0) is 68.1 Å². The number of nitrogens with zero attached hydrogens (tertiary/aromatic N) is 2. The van der Waals surface area contributed by atoms with Crippen LogP contribution in [-0.2, 0) is 14.8 Å². The van der Waals surface area contributed by atoms with Crippen molar-refractivity contribution in [3.63, 3.8) is 0 Å². The van der Waals surface area contributed by atoms with E-state index in [1.807, 2.05) is 0 Å². The molecule has 0 bridgehead atoms. The van der Waals surface area contributed by atoms with Crippen molar-refractivity contribution in [3.05, 3.63) is 53.6 Å². The van der Waals surface area contributed by atoms with Crippen molar-refractivity contribution >= 4 is 33.2 Å². The molecule has 0 unspecified atom stereocenters. The zero-order valence-electron chi connectivity index (χ0n) is 18.3. The first-order valence-electron chi connectivity index (χ1n) is 11.2. The second kappa shape index (κ2) is 9.42. The molecular weight excluding hydrogens is 426 g/mol. The van der Waals surface area contributed by atoms with E-state index in [1.54, 1.807) is 58.6 Å². The molecule has 2 aromatic carbocycles. The van der Waals surface area contributed by atoms with E-state index in [4.69, 9.17) is 0 Å². The maximum atomic E-state index is 13.2. The number of aryl methyl sites for hydroxylation is 1. The highest BCUT2D eigenvalue weighted by molar-refractivity contribution is 7.89. The highest BCUT2D eigenvalue weighted by Gasteiger charge is 2.27. The summed E-state index contributed by atoms with van der Waals surface area (Å²) in [5, 5.41) is 2.81. The molecule has 0 radical (unpaired) electrons. The quantitative estimate of drug-likeness (QED) is 0.740. The van der Waals surface area contributed by atoms with Crippen LogP contribution in [0.1, 0.15) is 54.4 Å². The molecule has 1 N–H and O–H groups in total. The molecule has 0 aromatic heterocycles. The van der Waals surface area contributed by atoms with Gasteiger partial charge in [-0.15, -0.1) is 0 Å². The largest absolute Gasteiger partial charge is 0.322 e. The van der Waals surface area contributed by atoms with Crippen LogP contribution in [0.3, 0.4) is 0 Å². The summed E-state index contributed by atoms with van der Waals surface area (Å²) in [5.74, 6) is -0.230. The minimum absolute atomic E-state index is 0.0972. The van der Waals surface area contributed by atoms with Gasteiger partial charge in [0.05, 0.1) is 4.90 Å². The Labute approximate surface area is 189 Å². The molecule has 2 aliphatic heterocycles. The van der Waals surface area contributed by atoms with Crippen LogP contribution in [0.4, 0.5) is 11.4 Å². The average Bonchev–Trinajstić information content (AvgIpc) is 3.03. The van der Waals surface area contributed by atoms with Crippen LogP contribution in [0.2, 0.25) is 0 Å². The summed E-state index contributed by atoms with van der Waals surface area (Å²) in [7, 11) is -3.61. The first kappa shape index (κ1) is 22.5. The fourth-order valence-electron chi connectivity index (χ4n) is 4.29. The normalized spacial score (nSPS) is 17.9. The fourth-order valence-corrected chi connectivity index (χ4v) is 6.06. The predicted octanol–water partition coefficient (Wildman–Crippen LogP) is 3.94. The minimum atomic E-state index is -3.61. The first-order valence-corrected chi connectivity index (χ1v) is 12.6. The Morgan fingerprint density at radius 2 is 1.59 bits per heavy atom. The van der Waals surface area contributed by atoms with Crippen LogP contribution < -0.4 is 10.2 Å². The number of benzene rings is 2. The summed E-state index contributed by atoms with van der Waals surface area (Å²) in [6.07, 6.45) is 5.23. The Hall–Kier alpha value is -2.71. The molecule has 0 saturated carbocycles. The molecule has 32 heavy (non-hydrogen) atoms. The number of sulfonamides is 1. The van der Waals surface area contributed by atoms with Gasteiger partial charge in [0.25, 0.3) is 5.91 Å². The average molecular weight is 456 g/mol. The number of anilines is 2. The van der Waals surface area contributed by atoms with Gasteiger partial charge in [-0.3, -0.25) is 9.59 Å². The summed E-state index contributed by atoms with van der Waals surface area (Å²) in [6, 6.07) is 11.9. The number of hydrogen-bond acceptors (Lipinski definition) is 4. The lowest BCUT2D eigenvalue weighted by molar-refractivity contribution is -0.117. The number of carbonyl (C=O) groups excluding carboxylic acids is 2. The van der Waals surface area contributed by atoms with Crippen molar-refractivity contribution in [1.82, 2.24) is 4.31 Å². The van der Waals surface area contributed by atoms with Crippen LogP contribution in [0.25, 0.3) is 0 Å². The van der Waals surface area contributed by atoms with Crippen LogP contribution in [0.5, 0.6) is 0 Å². The molecule has 170 valence electrons. The number of carbonyl (C=O) groups is 2. The van der Waals surface area contributed by atoms with Gasteiger partial charge in [0.15, 0.2) is 0 Å². The van der Waals surface area contributed by atoms with Gasteiger partial charge < -0.3 is 10.2 Å². The summed E-state index contributed by atoms with van der Waals surface area (Å²) >= 11 is 0. The lowest BCUT2D eigenvalue weighted by atomic mass is 10.1. The van der Waals surface area contributed by atoms with Crippen molar-refractivity contribution in [2.45, 2.75) is 50.3 Å². The van der Waals surface area contributed by atoms with Crippen LogP contribution >= 0.6 is 0 Å². The highest BCUT2D eigenvalue weighted by Crippen LogP contribution is 2.27. The Kier molecular flexibility index (Phi) is 6.62. The van der Waals surface area contributed by atoms with Gasteiger partial charge in [-0.1, -0.05) is 18.9 Å². The Morgan fingerprint density at radius 3 is 2.22 bits per heavy atom. The summed E-state index contributed by atoms with van der Waals surface area (Å²) in [6.45, 7) is 3.53. The van der Waals surface area contributed by atoms with Gasteiger partial charge in [0, 0.05) is 43.0 Å². The van der Waals surface area contributed by atoms with Crippen molar-refractivity contribution in [2.24, 2.45) is 0 Å². The maximum absolute atomic E-state index is 13.2. The fraction of sp³-hybridized carbons (Fsp3) is 0.417. The highest BCUT2D eigenvalue weighted by atomic mass is 32.2. The minimum Gasteiger partial charge on any atom is -0.322 e. The Bertz CT molecular complexity index is 1100. The second-order valence-corrected chi connectivity index (χ2v) is 10.4. The number of hydrogen-bond donors (Lipinski definition) is 1. The predicted molar refractivity (Wildman–Crippen MR) is 124 cm³/mol. The molecule has 8 heteroatoms. The topological polar surface area (TPSA) is 86.8 Å². The van der Waals surface area contributed by atoms with Gasteiger partial charge in [-0.2, -0.15) is 4.31 Å². The first-order chi connectivity index (χ1) is 15.4. The van der Waals surface area contributed by atoms with Crippen LogP contribution in [0.15, 0.2) is 47.4 Å². The van der Waals surface area contributed by atoms with E-state index in [0.29, 0.717) is 42.9 Å². The van der Waals surface area contributed by atoms with Gasteiger partial charge in [0.1, 0.15) is 0 Å². The molecule has 2 aliphatic rings. The Morgan fingerprint density at radius 1 is 0.906 bits per heavy atom. The monoisotopic (exact) mass is 455 g/mol. The summed E-state index contributed by atoms with van der Waals surface area (Å²) < 4.78 is 28.0. The van der Waals surface area contributed by atoms with Crippen molar-refractivity contribution in [3.8, 4) is 0 Å².